The molecule has 0 aliphatic heterocycles. The molecule has 0 saturated heterocycles. The molecule has 0 bridgehead atoms. The fraction of sp³-hybridized carbons (Fsp3) is 0.625. The Morgan fingerprint density at radius 1 is 1.32 bits per heavy atom. The summed E-state index contributed by atoms with van der Waals surface area (Å²) < 4.78 is 5.23. The van der Waals surface area contributed by atoms with E-state index in [2.05, 4.69) is 49.7 Å². The standard InChI is InChI=1S/C16H27NOS/c1-5-11-17-16(13(2)10-12-18-3)14-8-6-7-9-15(14)19-4/h6-9,13,16-17H,5,10-12H2,1-4H3. The third kappa shape index (κ3) is 5.17. The second-order valence-corrected chi connectivity index (χ2v) is 5.78. The van der Waals surface area contributed by atoms with Crippen molar-refractivity contribution in [2.24, 2.45) is 5.92 Å². The van der Waals surface area contributed by atoms with Gasteiger partial charge in [0.15, 0.2) is 0 Å². The van der Waals surface area contributed by atoms with Crippen LogP contribution in [0.2, 0.25) is 0 Å². The van der Waals surface area contributed by atoms with Crippen molar-refractivity contribution in [1.29, 1.82) is 0 Å². The van der Waals surface area contributed by atoms with E-state index in [4.69, 9.17) is 4.74 Å². The maximum absolute atomic E-state index is 5.23. The van der Waals surface area contributed by atoms with Gasteiger partial charge >= 0.3 is 0 Å². The van der Waals surface area contributed by atoms with Crippen molar-refractivity contribution in [1.82, 2.24) is 5.32 Å². The number of thioether (sulfide) groups is 1. The first-order valence-corrected chi connectivity index (χ1v) is 8.32. The Balaban J connectivity index is 2.88. The largest absolute Gasteiger partial charge is 0.385 e. The van der Waals surface area contributed by atoms with Crippen LogP contribution < -0.4 is 5.32 Å². The lowest BCUT2D eigenvalue weighted by molar-refractivity contribution is 0.170. The molecule has 0 aromatic heterocycles. The summed E-state index contributed by atoms with van der Waals surface area (Å²) in [6.07, 6.45) is 4.39. The highest BCUT2D eigenvalue weighted by Gasteiger charge is 2.20. The number of nitrogens with one attached hydrogen (secondary N) is 1. The van der Waals surface area contributed by atoms with E-state index < -0.39 is 0 Å². The molecule has 0 aliphatic carbocycles. The molecule has 0 aliphatic rings. The van der Waals surface area contributed by atoms with Gasteiger partial charge in [0, 0.05) is 24.7 Å². The molecular formula is C16H27NOS. The molecule has 0 fully saturated rings. The molecule has 0 heterocycles. The Labute approximate surface area is 122 Å². The third-order valence-electron chi connectivity index (χ3n) is 3.43. The van der Waals surface area contributed by atoms with Gasteiger partial charge in [0.1, 0.15) is 0 Å². The Bertz CT molecular complexity index is 356. The average molecular weight is 281 g/mol. The third-order valence-corrected chi connectivity index (χ3v) is 4.25. The first-order chi connectivity index (χ1) is 9.24. The number of hydrogen-bond acceptors (Lipinski definition) is 3. The zero-order valence-corrected chi connectivity index (χ0v) is 13.4. The van der Waals surface area contributed by atoms with Gasteiger partial charge in [0.25, 0.3) is 0 Å². The second-order valence-electron chi connectivity index (χ2n) is 4.93. The molecule has 1 N–H and O–H groups in total. The minimum absolute atomic E-state index is 0.416. The van der Waals surface area contributed by atoms with Crippen molar-refractivity contribution in [3.05, 3.63) is 29.8 Å². The predicted molar refractivity (Wildman–Crippen MR) is 84.9 cm³/mol. The van der Waals surface area contributed by atoms with Gasteiger partial charge in [-0.05, 0) is 43.2 Å². The van der Waals surface area contributed by atoms with Crippen molar-refractivity contribution in [3.63, 3.8) is 0 Å². The quantitative estimate of drug-likeness (QED) is 0.688. The molecule has 0 amide bonds. The van der Waals surface area contributed by atoms with E-state index >= 15 is 0 Å². The fourth-order valence-corrected chi connectivity index (χ4v) is 2.96. The molecule has 1 aromatic rings. The Morgan fingerprint density at radius 3 is 2.68 bits per heavy atom. The minimum atomic E-state index is 0.416. The molecule has 3 heteroatoms. The summed E-state index contributed by atoms with van der Waals surface area (Å²) >= 11 is 1.83. The summed E-state index contributed by atoms with van der Waals surface area (Å²) in [6, 6.07) is 9.13. The van der Waals surface area contributed by atoms with E-state index in [0.29, 0.717) is 12.0 Å². The Hall–Kier alpha value is -0.510. The smallest absolute Gasteiger partial charge is 0.0465 e. The van der Waals surface area contributed by atoms with Crippen molar-refractivity contribution in [2.75, 3.05) is 26.5 Å². The number of benzene rings is 1. The van der Waals surface area contributed by atoms with Crippen molar-refractivity contribution >= 4 is 11.8 Å². The molecule has 19 heavy (non-hydrogen) atoms. The highest BCUT2D eigenvalue weighted by molar-refractivity contribution is 7.98. The van der Waals surface area contributed by atoms with Gasteiger partial charge in [-0.25, -0.2) is 0 Å². The van der Waals surface area contributed by atoms with E-state index in [-0.39, 0.29) is 0 Å². The van der Waals surface area contributed by atoms with Gasteiger partial charge in [0.2, 0.25) is 0 Å². The van der Waals surface area contributed by atoms with Crippen molar-refractivity contribution < 1.29 is 4.74 Å². The number of rotatable bonds is 9. The van der Waals surface area contributed by atoms with Gasteiger partial charge in [-0.15, -0.1) is 11.8 Å². The first-order valence-electron chi connectivity index (χ1n) is 7.09. The molecule has 0 radical (unpaired) electrons. The highest BCUT2D eigenvalue weighted by Crippen LogP contribution is 2.31. The number of hydrogen-bond donors (Lipinski definition) is 1. The van der Waals surface area contributed by atoms with Crippen LogP contribution in [-0.2, 0) is 4.74 Å². The zero-order chi connectivity index (χ0) is 14.1. The SMILES string of the molecule is CCCNC(c1ccccc1SC)C(C)CCOC. The van der Waals surface area contributed by atoms with Crippen LogP contribution in [0.25, 0.3) is 0 Å². The van der Waals surface area contributed by atoms with Crippen LogP contribution in [0.5, 0.6) is 0 Å². The second kappa shape index (κ2) is 9.40. The lowest BCUT2D eigenvalue weighted by Gasteiger charge is -2.27. The molecule has 0 saturated carbocycles. The summed E-state index contributed by atoms with van der Waals surface area (Å²) in [5, 5.41) is 3.70. The molecule has 0 spiro atoms. The molecule has 2 atom stereocenters. The Kier molecular flexibility index (Phi) is 8.19. The van der Waals surface area contributed by atoms with Crippen LogP contribution in [0.4, 0.5) is 0 Å². The minimum Gasteiger partial charge on any atom is -0.385 e. The van der Waals surface area contributed by atoms with E-state index in [1.54, 1.807) is 7.11 Å². The lowest BCUT2D eigenvalue weighted by Crippen LogP contribution is -2.28. The van der Waals surface area contributed by atoms with Gasteiger partial charge in [-0.2, -0.15) is 0 Å². The van der Waals surface area contributed by atoms with E-state index in [9.17, 15) is 0 Å². The highest BCUT2D eigenvalue weighted by atomic mass is 32.2. The van der Waals surface area contributed by atoms with Gasteiger partial charge in [-0.1, -0.05) is 32.0 Å². The van der Waals surface area contributed by atoms with E-state index in [1.165, 1.54) is 10.5 Å². The maximum Gasteiger partial charge on any atom is 0.0465 e. The molecule has 2 unspecified atom stereocenters. The summed E-state index contributed by atoms with van der Waals surface area (Å²) in [5.41, 5.74) is 1.42. The Morgan fingerprint density at radius 2 is 2.05 bits per heavy atom. The van der Waals surface area contributed by atoms with Crippen LogP contribution >= 0.6 is 11.8 Å². The predicted octanol–water partition coefficient (Wildman–Crippen LogP) is 4.12. The van der Waals surface area contributed by atoms with Gasteiger partial charge in [0.05, 0.1) is 0 Å². The van der Waals surface area contributed by atoms with Crippen LogP contribution in [0.3, 0.4) is 0 Å². The summed E-state index contributed by atoms with van der Waals surface area (Å²) in [5.74, 6) is 0.569. The lowest BCUT2D eigenvalue weighted by atomic mass is 9.92. The van der Waals surface area contributed by atoms with Crippen molar-refractivity contribution in [3.8, 4) is 0 Å². The zero-order valence-electron chi connectivity index (χ0n) is 12.6. The van der Waals surface area contributed by atoms with E-state index in [0.717, 1.165) is 26.0 Å². The molecule has 1 aromatic carbocycles. The van der Waals surface area contributed by atoms with Gasteiger partial charge < -0.3 is 10.1 Å². The van der Waals surface area contributed by atoms with Crippen LogP contribution in [0.15, 0.2) is 29.2 Å². The van der Waals surface area contributed by atoms with Crippen LogP contribution in [0, 0.1) is 5.92 Å². The first kappa shape index (κ1) is 16.5. The fourth-order valence-electron chi connectivity index (χ4n) is 2.31. The molecule has 1 rings (SSSR count). The number of ether oxygens (including phenoxy) is 1. The van der Waals surface area contributed by atoms with Crippen LogP contribution in [-0.4, -0.2) is 26.5 Å². The molecule has 2 nitrogen and oxygen atoms in total. The van der Waals surface area contributed by atoms with Gasteiger partial charge in [-0.3, -0.25) is 0 Å². The summed E-state index contributed by atoms with van der Waals surface area (Å²) in [7, 11) is 1.77. The summed E-state index contributed by atoms with van der Waals surface area (Å²) in [6.45, 7) is 6.41. The monoisotopic (exact) mass is 281 g/mol. The average Bonchev–Trinajstić information content (AvgIpc) is 2.45. The molecule has 108 valence electrons. The topological polar surface area (TPSA) is 21.3 Å². The maximum atomic E-state index is 5.23. The molecular weight excluding hydrogens is 254 g/mol. The normalized spacial score (nSPS) is 14.3. The van der Waals surface area contributed by atoms with Crippen molar-refractivity contribution in [2.45, 2.75) is 37.6 Å². The number of methoxy groups -OCH3 is 1. The van der Waals surface area contributed by atoms with E-state index in [1.807, 2.05) is 11.8 Å². The summed E-state index contributed by atoms with van der Waals surface area (Å²) in [4.78, 5) is 1.38. The van der Waals surface area contributed by atoms with Crippen LogP contribution in [0.1, 0.15) is 38.3 Å².